The van der Waals surface area contributed by atoms with Gasteiger partial charge in [-0.15, -0.1) is 0 Å². The van der Waals surface area contributed by atoms with Gasteiger partial charge in [-0.2, -0.15) is 5.10 Å². The van der Waals surface area contributed by atoms with Crippen molar-refractivity contribution in [1.82, 2.24) is 15.1 Å². The molecule has 24 heavy (non-hydrogen) atoms. The average molecular weight is 325 g/mol. The minimum Gasteiger partial charge on any atom is -0.467 e. The van der Waals surface area contributed by atoms with E-state index in [9.17, 15) is 9.59 Å². The van der Waals surface area contributed by atoms with Gasteiger partial charge in [-0.25, -0.2) is 5.10 Å². The fraction of sp³-hybridized carbons (Fsp3) is 0.235. The van der Waals surface area contributed by atoms with E-state index in [-0.39, 0.29) is 23.3 Å². The van der Waals surface area contributed by atoms with Gasteiger partial charge in [0.15, 0.2) is 5.69 Å². The predicted octanol–water partition coefficient (Wildman–Crippen LogP) is 1.73. The number of hydrogen-bond acceptors (Lipinski definition) is 5. The molecule has 7 nitrogen and oxygen atoms in total. The Labute approximate surface area is 136 Å². The van der Waals surface area contributed by atoms with Crippen LogP contribution in [0.4, 0.5) is 0 Å². The summed E-state index contributed by atoms with van der Waals surface area (Å²) in [5, 5.41) is 7.37. The zero-order chi connectivity index (χ0) is 16.5. The maximum atomic E-state index is 12.9. The lowest BCUT2D eigenvalue weighted by molar-refractivity contribution is -0.0322. The molecule has 0 spiro atoms. The lowest BCUT2D eigenvalue weighted by Crippen LogP contribution is -2.42. The van der Waals surface area contributed by atoms with Crippen LogP contribution in [0.2, 0.25) is 0 Å². The molecule has 1 aliphatic heterocycles. The van der Waals surface area contributed by atoms with Crippen LogP contribution in [0.3, 0.4) is 0 Å². The quantitative estimate of drug-likeness (QED) is 0.775. The minimum absolute atomic E-state index is 0.234. The van der Waals surface area contributed by atoms with Gasteiger partial charge < -0.3 is 14.1 Å². The molecule has 3 aromatic rings. The van der Waals surface area contributed by atoms with E-state index in [0.717, 1.165) is 0 Å². The molecule has 0 saturated carbocycles. The number of carbonyl (C=O) groups is 1. The first-order chi connectivity index (χ1) is 11.7. The summed E-state index contributed by atoms with van der Waals surface area (Å²) in [5.41, 5.74) is -0.0668. The third kappa shape index (κ3) is 2.48. The lowest BCUT2D eigenvalue weighted by atomic mass is 10.1. The molecule has 0 radical (unpaired) electrons. The largest absolute Gasteiger partial charge is 0.467 e. The van der Waals surface area contributed by atoms with E-state index in [4.69, 9.17) is 9.15 Å². The number of morpholine rings is 1. The van der Waals surface area contributed by atoms with Crippen LogP contribution in [-0.4, -0.2) is 40.7 Å². The van der Waals surface area contributed by atoms with Crippen LogP contribution in [0.5, 0.6) is 0 Å². The second-order valence-electron chi connectivity index (χ2n) is 5.57. The standard InChI is InChI=1S/C17H15N3O4/c21-16-12-5-2-1-4-11(12)15(18-19-16)17(22)20-7-9-24-14(10-20)13-6-3-8-23-13/h1-6,8,14H,7,9-10H2,(H,19,21). The van der Waals surface area contributed by atoms with Crippen LogP contribution >= 0.6 is 0 Å². The van der Waals surface area contributed by atoms with Crippen molar-refractivity contribution in [1.29, 1.82) is 0 Å². The van der Waals surface area contributed by atoms with Gasteiger partial charge in [0.1, 0.15) is 11.9 Å². The summed E-state index contributed by atoms with van der Waals surface area (Å²) in [4.78, 5) is 26.4. The van der Waals surface area contributed by atoms with Crippen molar-refractivity contribution in [2.24, 2.45) is 0 Å². The Balaban J connectivity index is 1.66. The molecule has 4 rings (SSSR count). The molecule has 1 saturated heterocycles. The van der Waals surface area contributed by atoms with Gasteiger partial charge in [-0.1, -0.05) is 18.2 Å². The van der Waals surface area contributed by atoms with E-state index in [1.54, 1.807) is 41.5 Å². The molecular weight excluding hydrogens is 310 g/mol. The Morgan fingerprint density at radius 1 is 1.21 bits per heavy atom. The molecule has 1 amide bonds. The van der Waals surface area contributed by atoms with Gasteiger partial charge in [-0.3, -0.25) is 9.59 Å². The number of aromatic amines is 1. The fourth-order valence-electron chi connectivity index (χ4n) is 2.91. The highest BCUT2D eigenvalue weighted by molar-refractivity contribution is 6.04. The number of nitrogens with one attached hydrogen (secondary N) is 1. The second-order valence-corrected chi connectivity index (χ2v) is 5.57. The van der Waals surface area contributed by atoms with Crippen LogP contribution < -0.4 is 5.56 Å². The normalized spacial score (nSPS) is 18.0. The lowest BCUT2D eigenvalue weighted by Gasteiger charge is -2.31. The highest BCUT2D eigenvalue weighted by Gasteiger charge is 2.29. The monoisotopic (exact) mass is 325 g/mol. The zero-order valence-corrected chi connectivity index (χ0v) is 12.8. The van der Waals surface area contributed by atoms with E-state index in [2.05, 4.69) is 10.2 Å². The van der Waals surface area contributed by atoms with E-state index in [0.29, 0.717) is 36.2 Å². The number of nitrogens with zero attached hydrogens (tertiary/aromatic N) is 2. The van der Waals surface area contributed by atoms with E-state index in [1.807, 2.05) is 6.07 Å². The van der Waals surface area contributed by atoms with Crippen molar-refractivity contribution in [3.63, 3.8) is 0 Å². The number of H-pyrrole nitrogens is 1. The summed E-state index contributed by atoms with van der Waals surface area (Å²) in [6.45, 7) is 1.26. The van der Waals surface area contributed by atoms with Crippen molar-refractivity contribution >= 4 is 16.7 Å². The van der Waals surface area contributed by atoms with Crippen molar-refractivity contribution in [3.8, 4) is 0 Å². The summed E-state index contributed by atoms with van der Waals surface area (Å²) >= 11 is 0. The number of amides is 1. The fourth-order valence-corrected chi connectivity index (χ4v) is 2.91. The van der Waals surface area contributed by atoms with Crippen molar-refractivity contribution in [2.75, 3.05) is 19.7 Å². The first-order valence-corrected chi connectivity index (χ1v) is 7.66. The first kappa shape index (κ1) is 14.6. The summed E-state index contributed by atoms with van der Waals surface area (Å²) in [7, 11) is 0. The van der Waals surface area contributed by atoms with Crippen LogP contribution in [0.1, 0.15) is 22.4 Å². The molecular formula is C17H15N3O4. The number of hydrogen-bond donors (Lipinski definition) is 1. The molecule has 122 valence electrons. The van der Waals surface area contributed by atoms with E-state index >= 15 is 0 Å². The second kappa shape index (κ2) is 5.93. The van der Waals surface area contributed by atoms with Crippen LogP contribution in [0, 0.1) is 0 Å². The summed E-state index contributed by atoms with van der Waals surface area (Å²) in [6, 6.07) is 10.6. The Morgan fingerprint density at radius 2 is 2.04 bits per heavy atom. The Kier molecular flexibility index (Phi) is 3.62. The third-order valence-corrected chi connectivity index (χ3v) is 4.11. The third-order valence-electron chi connectivity index (χ3n) is 4.11. The SMILES string of the molecule is O=C(c1n[nH]c(=O)c2ccccc12)N1CCOC(c2ccco2)C1. The molecule has 2 aromatic heterocycles. The molecule has 7 heteroatoms. The minimum atomic E-state index is -0.308. The van der Waals surface area contributed by atoms with Crippen molar-refractivity contribution in [2.45, 2.75) is 6.10 Å². The number of carbonyl (C=O) groups excluding carboxylic acids is 1. The Morgan fingerprint density at radius 3 is 2.83 bits per heavy atom. The average Bonchev–Trinajstić information content (AvgIpc) is 3.17. The predicted molar refractivity (Wildman–Crippen MR) is 85.7 cm³/mol. The molecule has 1 unspecified atom stereocenters. The van der Waals surface area contributed by atoms with Crippen molar-refractivity contribution < 1.29 is 13.9 Å². The maximum Gasteiger partial charge on any atom is 0.275 e. The molecule has 1 N–H and O–H groups in total. The van der Waals surface area contributed by atoms with Crippen molar-refractivity contribution in [3.05, 3.63) is 64.5 Å². The molecule has 3 heterocycles. The molecule has 1 aliphatic rings. The number of rotatable bonds is 2. The zero-order valence-electron chi connectivity index (χ0n) is 12.8. The number of fused-ring (bicyclic) bond motifs is 1. The van der Waals surface area contributed by atoms with Gasteiger partial charge >= 0.3 is 0 Å². The summed E-state index contributed by atoms with van der Waals surface area (Å²) < 4.78 is 11.0. The molecule has 0 bridgehead atoms. The number of furan rings is 1. The summed E-state index contributed by atoms with van der Waals surface area (Å²) in [5.74, 6) is 0.453. The molecule has 0 aliphatic carbocycles. The summed E-state index contributed by atoms with van der Waals surface area (Å²) in [6.07, 6.45) is 1.28. The molecule has 1 atom stereocenters. The van der Waals surface area contributed by atoms with Gasteiger partial charge in [0.25, 0.3) is 11.5 Å². The number of benzene rings is 1. The molecule has 1 fully saturated rings. The van der Waals surface area contributed by atoms with Gasteiger partial charge in [0.2, 0.25) is 0 Å². The molecule has 1 aromatic carbocycles. The Hall–Kier alpha value is -2.93. The topological polar surface area (TPSA) is 88.4 Å². The van der Waals surface area contributed by atoms with Gasteiger partial charge in [0, 0.05) is 11.9 Å². The van der Waals surface area contributed by atoms with Gasteiger partial charge in [0.05, 0.1) is 24.8 Å². The van der Waals surface area contributed by atoms with E-state index in [1.165, 1.54) is 0 Å². The first-order valence-electron chi connectivity index (χ1n) is 7.66. The maximum absolute atomic E-state index is 12.9. The highest BCUT2D eigenvalue weighted by atomic mass is 16.5. The van der Waals surface area contributed by atoms with Crippen LogP contribution in [0.15, 0.2) is 51.9 Å². The number of ether oxygens (including phenoxy) is 1. The van der Waals surface area contributed by atoms with Crippen LogP contribution in [0.25, 0.3) is 10.8 Å². The Bertz CT molecular complexity index is 932. The van der Waals surface area contributed by atoms with Crippen LogP contribution in [-0.2, 0) is 4.74 Å². The highest BCUT2D eigenvalue weighted by Crippen LogP contribution is 2.24. The van der Waals surface area contributed by atoms with E-state index < -0.39 is 0 Å². The number of aromatic nitrogens is 2. The van der Waals surface area contributed by atoms with Gasteiger partial charge in [-0.05, 0) is 18.2 Å². The smallest absolute Gasteiger partial charge is 0.275 e.